The third-order valence-corrected chi connectivity index (χ3v) is 4.45. The quantitative estimate of drug-likeness (QED) is 0.766. The summed E-state index contributed by atoms with van der Waals surface area (Å²) < 4.78 is 0. The van der Waals surface area contributed by atoms with Crippen LogP contribution >= 0.6 is 0 Å². The minimum absolute atomic E-state index is 0.198. The van der Waals surface area contributed by atoms with Crippen molar-refractivity contribution < 1.29 is 9.90 Å². The molecule has 3 nitrogen and oxygen atoms in total. The average molecular weight is 255 g/mol. The van der Waals surface area contributed by atoms with Gasteiger partial charge in [0.1, 0.15) is 0 Å². The molecule has 1 rings (SSSR count). The summed E-state index contributed by atoms with van der Waals surface area (Å²) in [4.78, 5) is 12.1. The van der Waals surface area contributed by atoms with Crippen molar-refractivity contribution in [1.82, 2.24) is 5.32 Å². The number of amides is 1. The Morgan fingerprint density at radius 3 is 2.39 bits per heavy atom. The Labute approximate surface area is 111 Å². The van der Waals surface area contributed by atoms with E-state index in [0.29, 0.717) is 5.92 Å². The molecule has 0 heterocycles. The second-order valence-electron chi connectivity index (χ2n) is 6.47. The van der Waals surface area contributed by atoms with Crippen molar-refractivity contribution in [1.29, 1.82) is 0 Å². The number of carbonyl (C=O) groups excluding carboxylic acids is 1. The van der Waals surface area contributed by atoms with Gasteiger partial charge in [0.05, 0.1) is 0 Å². The zero-order valence-corrected chi connectivity index (χ0v) is 12.2. The van der Waals surface area contributed by atoms with E-state index < -0.39 is 0 Å². The van der Waals surface area contributed by atoms with Gasteiger partial charge in [0.15, 0.2) is 0 Å². The maximum absolute atomic E-state index is 12.1. The Bertz CT molecular complexity index is 255. The van der Waals surface area contributed by atoms with E-state index in [4.69, 9.17) is 5.11 Å². The number of rotatable bonds is 6. The summed E-state index contributed by atoms with van der Waals surface area (Å²) in [5, 5.41) is 12.0. The summed E-state index contributed by atoms with van der Waals surface area (Å²) in [7, 11) is 0. The largest absolute Gasteiger partial charge is 0.396 e. The van der Waals surface area contributed by atoms with Crippen molar-refractivity contribution in [2.24, 2.45) is 17.3 Å². The number of hydrogen-bond donors (Lipinski definition) is 2. The van der Waals surface area contributed by atoms with Crippen LogP contribution in [0.2, 0.25) is 0 Å². The first-order chi connectivity index (χ1) is 8.48. The van der Waals surface area contributed by atoms with Crippen LogP contribution in [0, 0.1) is 17.3 Å². The first-order valence-electron chi connectivity index (χ1n) is 7.37. The van der Waals surface area contributed by atoms with Gasteiger partial charge >= 0.3 is 0 Å². The second kappa shape index (κ2) is 7.13. The standard InChI is InChI=1S/C15H29NO2/c1-4-15(2,3)11-16-14(18)13-7-5-12(6-8-13)9-10-17/h12-13,17H,4-11H2,1-3H3,(H,16,18). The summed E-state index contributed by atoms with van der Waals surface area (Å²) >= 11 is 0. The van der Waals surface area contributed by atoms with E-state index >= 15 is 0 Å². The van der Waals surface area contributed by atoms with Crippen molar-refractivity contribution in [3.63, 3.8) is 0 Å². The van der Waals surface area contributed by atoms with E-state index in [1.807, 2.05) is 0 Å². The average Bonchev–Trinajstić information content (AvgIpc) is 2.37. The third-order valence-electron chi connectivity index (χ3n) is 4.45. The molecular weight excluding hydrogens is 226 g/mol. The molecule has 18 heavy (non-hydrogen) atoms. The van der Waals surface area contributed by atoms with Gasteiger partial charge in [0.2, 0.25) is 5.91 Å². The van der Waals surface area contributed by atoms with Crippen LogP contribution in [0.15, 0.2) is 0 Å². The molecule has 0 aromatic rings. The lowest BCUT2D eigenvalue weighted by Crippen LogP contribution is -2.38. The molecule has 0 aromatic heterocycles. The van der Waals surface area contributed by atoms with Crippen LogP contribution in [0.5, 0.6) is 0 Å². The predicted octanol–water partition coefficient (Wildman–Crippen LogP) is 2.73. The lowest BCUT2D eigenvalue weighted by atomic mass is 9.80. The van der Waals surface area contributed by atoms with Crippen LogP contribution in [-0.4, -0.2) is 24.2 Å². The monoisotopic (exact) mass is 255 g/mol. The fraction of sp³-hybridized carbons (Fsp3) is 0.933. The van der Waals surface area contributed by atoms with Crippen molar-refractivity contribution in [3.8, 4) is 0 Å². The summed E-state index contributed by atoms with van der Waals surface area (Å²) in [5.41, 5.74) is 0.198. The summed E-state index contributed by atoms with van der Waals surface area (Å²) in [6.07, 6.45) is 6.14. The summed E-state index contributed by atoms with van der Waals surface area (Å²) in [6.45, 7) is 7.59. The Hall–Kier alpha value is -0.570. The number of hydrogen-bond acceptors (Lipinski definition) is 2. The number of aliphatic hydroxyl groups is 1. The molecule has 0 saturated heterocycles. The van der Waals surface area contributed by atoms with E-state index in [0.717, 1.165) is 45.1 Å². The first kappa shape index (κ1) is 15.5. The van der Waals surface area contributed by atoms with E-state index in [2.05, 4.69) is 26.1 Å². The molecule has 1 aliphatic rings. The van der Waals surface area contributed by atoms with Gasteiger partial charge in [-0.2, -0.15) is 0 Å². The number of aliphatic hydroxyl groups excluding tert-OH is 1. The first-order valence-corrected chi connectivity index (χ1v) is 7.37. The van der Waals surface area contributed by atoms with Crippen molar-refractivity contribution in [3.05, 3.63) is 0 Å². The molecule has 0 bridgehead atoms. The minimum Gasteiger partial charge on any atom is -0.396 e. The highest BCUT2D eigenvalue weighted by atomic mass is 16.3. The van der Waals surface area contributed by atoms with Gasteiger partial charge in [-0.3, -0.25) is 4.79 Å². The Balaban J connectivity index is 2.28. The normalized spacial score (nSPS) is 24.9. The van der Waals surface area contributed by atoms with Gasteiger partial charge in [-0.15, -0.1) is 0 Å². The molecule has 106 valence electrons. The maximum atomic E-state index is 12.1. The Morgan fingerprint density at radius 2 is 1.89 bits per heavy atom. The van der Waals surface area contributed by atoms with Gasteiger partial charge in [0, 0.05) is 19.1 Å². The van der Waals surface area contributed by atoms with E-state index in [1.165, 1.54) is 0 Å². The van der Waals surface area contributed by atoms with Crippen LogP contribution in [0.3, 0.4) is 0 Å². The van der Waals surface area contributed by atoms with Gasteiger partial charge < -0.3 is 10.4 Å². The molecule has 0 atom stereocenters. The zero-order chi connectivity index (χ0) is 13.6. The SMILES string of the molecule is CCC(C)(C)CNC(=O)C1CCC(CCO)CC1. The highest BCUT2D eigenvalue weighted by Gasteiger charge is 2.26. The smallest absolute Gasteiger partial charge is 0.223 e. The molecule has 1 aliphatic carbocycles. The van der Waals surface area contributed by atoms with E-state index in [1.54, 1.807) is 0 Å². The van der Waals surface area contributed by atoms with Gasteiger partial charge in [-0.1, -0.05) is 20.8 Å². The van der Waals surface area contributed by atoms with Gasteiger partial charge in [-0.25, -0.2) is 0 Å². The molecule has 3 heteroatoms. The van der Waals surface area contributed by atoms with E-state index in [-0.39, 0.29) is 23.8 Å². The molecule has 0 aliphatic heterocycles. The van der Waals surface area contributed by atoms with Crippen LogP contribution < -0.4 is 5.32 Å². The molecule has 0 unspecified atom stereocenters. The van der Waals surface area contributed by atoms with Crippen LogP contribution in [-0.2, 0) is 4.79 Å². The van der Waals surface area contributed by atoms with Crippen molar-refractivity contribution >= 4 is 5.91 Å². The second-order valence-corrected chi connectivity index (χ2v) is 6.47. The molecule has 0 radical (unpaired) electrons. The molecule has 0 spiro atoms. The van der Waals surface area contributed by atoms with Gasteiger partial charge in [0.25, 0.3) is 0 Å². The van der Waals surface area contributed by atoms with E-state index in [9.17, 15) is 4.79 Å². The molecular formula is C15H29NO2. The molecule has 1 fully saturated rings. The van der Waals surface area contributed by atoms with Crippen LogP contribution in [0.25, 0.3) is 0 Å². The zero-order valence-electron chi connectivity index (χ0n) is 12.2. The van der Waals surface area contributed by atoms with Crippen LogP contribution in [0.4, 0.5) is 0 Å². The number of nitrogens with one attached hydrogen (secondary N) is 1. The fourth-order valence-corrected chi connectivity index (χ4v) is 2.49. The number of carbonyl (C=O) groups is 1. The third kappa shape index (κ3) is 4.97. The maximum Gasteiger partial charge on any atom is 0.223 e. The van der Waals surface area contributed by atoms with Gasteiger partial charge in [-0.05, 0) is 49.9 Å². The molecule has 0 aromatic carbocycles. The molecule has 1 saturated carbocycles. The lowest BCUT2D eigenvalue weighted by Gasteiger charge is -2.29. The van der Waals surface area contributed by atoms with Crippen molar-refractivity contribution in [2.75, 3.05) is 13.2 Å². The fourth-order valence-electron chi connectivity index (χ4n) is 2.49. The van der Waals surface area contributed by atoms with Crippen molar-refractivity contribution in [2.45, 2.75) is 59.3 Å². The lowest BCUT2D eigenvalue weighted by molar-refractivity contribution is -0.126. The topological polar surface area (TPSA) is 49.3 Å². The Kier molecular flexibility index (Phi) is 6.13. The highest BCUT2D eigenvalue weighted by molar-refractivity contribution is 5.78. The Morgan fingerprint density at radius 1 is 1.28 bits per heavy atom. The minimum atomic E-state index is 0.198. The predicted molar refractivity (Wildman–Crippen MR) is 74.2 cm³/mol. The summed E-state index contributed by atoms with van der Waals surface area (Å²) in [6, 6.07) is 0. The molecule has 2 N–H and O–H groups in total. The highest BCUT2D eigenvalue weighted by Crippen LogP contribution is 2.30. The molecule has 1 amide bonds. The van der Waals surface area contributed by atoms with Crippen LogP contribution in [0.1, 0.15) is 59.3 Å². The summed E-state index contributed by atoms with van der Waals surface area (Å²) in [5.74, 6) is 1.07.